The molecule has 1 saturated carbocycles. The van der Waals surface area contributed by atoms with Gasteiger partial charge in [-0.3, -0.25) is 4.79 Å². The first-order valence-electron chi connectivity index (χ1n) is 6.14. The standard InChI is InChI=1S/C14H14N2O2/c15-7-10-1-3-11(4-2-10)13(17)16-8-14(18,9-16)12-5-6-12/h1-4,12,18H,5-6,8-9H2. The molecule has 2 aliphatic rings. The van der Waals surface area contributed by atoms with Crippen molar-refractivity contribution in [3.8, 4) is 6.07 Å². The normalized spacial score (nSPS) is 21.0. The van der Waals surface area contributed by atoms with Crippen molar-refractivity contribution in [3.63, 3.8) is 0 Å². The highest BCUT2D eigenvalue weighted by atomic mass is 16.3. The van der Waals surface area contributed by atoms with Gasteiger partial charge < -0.3 is 10.0 Å². The fraction of sp³-hybridized carbons (Fsp3) is 0.429. The zero-order valence-corrected chi connectivity index (χ0v) is 9.97. The Balaban J connectivity index is 1.67. The first-order chi connectivity index (χ1) is 8.62. The molecule has 0 atom stereocenters. The maximum atomic E-state index is 12.1. The second-order valence-corrected chi connectivity index (χ2v) is 5.23. The van der Waals surface area contributed by atoms with Crippen LogP contribution in [0.15, 0.2) is 24.3 Å². The summed E-state index contributed by atoms with van der Waals surface area (Å²) in [6.07, 6.45) is 2.16. The average molecular weight is 242 g/mol. The number of β-amino-alcohol motifs (C(OH)–C–C–N with tert-alkyl or cyclic N) is 1. The smallest absolute Gasteiger partial charge is 0.254 e. The molecule has 1 saturated heterocycles. The number of aliphatic hydroxyl groups is 1. The van der Waals surface area contributed by atoms with Crippen molar-refractivity contribution in [2.75, 3.05) is 13.1 Å². The van der Waals surface area contributed by atoms with Crippen LogP contribution in [0, 0.1) is 17.2 Å². The largest absolute Gasteiger partial charge is 0.386 e. The van der Waals surface area contributed by atoms with Crippen LogP contribution in [-0.4, -0.2) is 34.6 Å². The molecule has 0 bridgehead atoms. The van der Waals surface area contributed by atoms with E-state index in [2.05, 4.69) is 0 Å². The topological polar surface area (TPSA) is 64.3 Å². The predicted molar refractivity (Wildman–Crippen MR) is 64.7 cm³/mol. The lowest BCUT2D eigenvalue weighted by Crippen LogP contribution is -2.64. The molecule has 2 fully saturated rings. The van der Waals surface area contributed by atoms with Crippen molar-refractivity contribution in [3.05, 3.63) is 35.4 Å². The SMILES string of the molecule is N#Cc1ccc(C(=O)N2CC(O)(C3CC3)C2)cc1. The van der Waals surface area contributed by atoms with Gasteiger partial charge in [-0.15, -0.1) is 0 Å². The van der Waals surface area contributed by atoms with Crippen LogP contribution in [-0.2, 0) is 0 Å². The van der Waals surface area contributed by atoms with Crippen LogP contribution in [0.2, 0.25) is 0 Å². The molecule has 0 spiro atoms. The molecule has 1 amide bonds. The molecule has 1 aliphatic carbocycles. The minimum atomic E-state index is -0.637. The van der Waals surface area contributed by atoms with Gasteiger partial charge in [-0.2, -0.15) is 5.26 Å². The molecule has 4 heteroatoms. The number of rotatable bonds is 2. The number of nitriles is 1. The summed E-state index contributed by atoms with van der Waals surface area (Å²) in [5, 5.41) is 18.9. The molecular formula is C14H14N2O2. The fourth-order valence-electron chi connectivity index (χ4n) is 2.51. The second-order valence-electron chi connectivity index (χ2n) is 5.23. The van der Waals surface area contributed by atoms with Gasteiger partial charge in [-0.05, 0) is 43.0 Å². The second kappa shape index (κ2) is 3.82. The third-order valence-corrected chi connectivity index (χ3v) is 3.81. The number of likely N-dealkylation sites (tertiary alicyclic amines) is 1. The Morgan fingerprint density at radius 3 is 2.44 bits per heavy atom. The Kier molecular flexibility index (Phi) is 2.39. The van der Waals surface area contributed by atoms with E-state index in [0.29, 0.717) is 30.1 Å². The van der Waals surface area contributed by atoms with E-state index in [1.807, 2.05) is 6.07 Å². The lowest BCUT2D eigenvalue weighted by Gasteiger charge is -2.47. The Hall–Kier alpha value is -1.86. The Labute approximate surface area is 105 Å². The Morgan fingerprint density at radius 2 is 1.94 bits per heavy atom. The molecule has 1 heterocycles. The van der Waals surface area contributed by atoms with Gasteiger partial charge in [0.2, 0.25) is 0 Å². The number of carbonyl (C=O) groups is 1. The minimum Gasteiger partial charge on any atom is -0.386 e. The van der Waals surface area contributed by atoms with E-state index in [-0.39, 0.29) is 5.91 Å². The summed E-state index contributed by atoms with van der Waals surface area (Å²) in [5.74, 6) is 0.326. The highest BCUT2D eigenvalue weighted by molar-refractivity contribution is 5.95. The van der Waals surface area contributed by atoms with E-state index >= 15 is 0 Å². The summed E-state index contributed by atoms with van der Waals surface area (Å²) in [5.41, 5.74) is 0.485. The van der Waals surface area contributed by atoms with Gasteiger partial charge in [0.05, 0.1) is 24.7 Å². The van der Waals surface area contributed by atoms with E-state index in [4.69, 9.17) is 5.26 Å². The first-order valence-corrected chi connectivity index (χ1v) is 6.14. The molecule has 1 aliphatic heterocycles. The summed E-state index contributed by atoms with van der Waals surface area (Å²) >= 11 is 0. The summed E-state index contributed by atoms with van der Waals surface area (Å²) < 4.78 is 0. The fourth-order valence-corrected chi connectivity index (χ4v) is 2.51. The van der Waals surface area contributed by atoms with Gasteiger partial charge in [-0.25, -0.2) is 0 Å². The molecule has 0 unspecified atom stereocenters. The van der Waals surface area contributed by atoms with Crippen LogP contribution in [0.1, 0.15) is 28.8 Å². The van der Waals surface area contributed by atoms with E-state index < -0.39 is 5.60 Å². The molecule has 1 N–H and O–H groups in total. The number of hydrogen-bond acceptors (Lipinski definition) is 3. The van der Waals surface area contributed by atoms with Crippen LogP contribution in [0.4, 0.5) is 0 Å². The number of carbonyl (C=O) groups excluding carboxylic acids is 1. The predicted octanol–water partition coefficient (Wildman–Crippen LogP) is 1.16. The van der Waals surface area contributed by atoms with E-state index in [0.717, 1.165) is 12.8 Å². The van der Waals surface area contributed by atoms with E-state index in [1.165, 1.54) is 0 Å². The van der Waals surface area contributed by atoms with E-state index in [9.17, 15) is 9.90 Å². The number of hydrogen-bond donors (Lipinski definition) is 1. The number of nitrogens with zero attached hydrogens (tertiary/aromatic N) is 2. The van der Waals surface area contributed by atoms with Crippen molar-refractivity contribution < 1.29 is 9.90 Å². The maximum absolute atomic E-state index is 12.1. The molecule has 92 valence electrons. The lowest BCUT2D eigenvalue weighted by atomic mass is 9.88. The first kappa shape index (κ1) is 11.2. The van der Waals surface area contributed by atoms with Gasteiger partial charge >= 0.3 is 0 Å². The van der Waals surface area contributed by atoms with Gasteiger partial charge in [0, 0.05) is 5.56 Å². The molecule has 18 heavy (non-hydrogen) atoms. The van der Waals surface area contributed by atoms with Crippen LogP contribution < -0.4 is 0 Å². The molecule has 3 rings (SSSR count). The average Bonchev–Trinajstić information content (AvgIpc) is 3.19. The van der Waals surface area contributed by atoms with Crippen LogP contribution in [0.5, 0.6) is 0 Å². The molecular weight excluding hydrogens is 228 g/mol. The summed E-state index contributed by atoms with van der Waals surface area (Å²) in [6.45, 7) is 0.882. The van der Waals surface area contributed by atoms with Gasteiger partial charge in [0.15, 0.2) is 0 Å². The monoisotopic (exact) mass is 242 g/mol. The van der Waals surface area contributed by atoms with Crippen LogP contribution in [0.25, 0.3) is 0 Å². The zero-order chi connectivity index (χ0) is 12.8. The van der Waals surface area contributed by atoms with Gasteiger partial charge in [0.1, 0.15) is 5.60 Å². The van der Waals surface area contributed by atoms with Gasteiger partial charge in [0.25, 0.3) is 5.91 Å². The van der Waals surface area contributed by atoms with Crippen molar-refractivity contribution in [2.24, 2.45) is 5.92 Å². The molecule has 4 nitrogen and oxygen atoms in total. The third-order valence-electron chi connectivity index (χ3n) is 3.81. The highest BCUT2D eigenvalue weighted by Crippen LogP contribution is 2.44. The summed E-state index contributed by atoms with van der Waals surface area (Å²) in [6, 6.07) is 8.62. The highest BCUT2D eigenvalue weighted by Gasteiger charge is 2.53. The number of amides is 1. The van der Waals surface area contributed by atoms with Gasteiger partial charge in [-0.1, -0.05) is 0 Å². The maximum Gasteiger partial charge on any atom is 0.254 e. The van der Waals surface area contributed by atoms with Crippen molar-refractivity contribution in [1.29, 1.82) is 5.26 Å². The quantitative estimate of drug-likeness (QED) is 0.846. The Morgan fingerprint density at radius 1 is 1.33 bits per heavy atom. The third kappa shape index (κ3) is 1.77. The van der Waals surface area contributed by atoms with E-state index in [1.54, 1.807) is 29.2 Å². The molecule has 1 aromatic carbocycles. The zero-order valence-electron chi connectivity index (χ0n) is 9.97. The Bertz CT molecular complexity index is 520. The summed E-state index contributed by atoms with van der Waals surface area (Å²) in [4.78, 5) is 13.8. The number of benzene rings is 1. The minimum absolute atomic E-state index is 0.0650. The van der Waals surface area contributed by atoms with Crippen molar-refractivity contribution >= 4 is 5.91 Å². The molecule has 0 aromatic heterocycles. The van der Waals surface area contributed by atoms with Crippen molar-refractivity contribution in [2.45, 2.75) is 18.4 Å². The van der Waals surface area contributed by atoms with Crippen LogP contribution in [0.3, 0.4) is 0 Å². The lowest BCUT2D eigenvalue weighted by molar-refractivity contribution is -0.0958. The molecule has 1 aromatic rings. The van der Waals surface area contributed by atoms with Crippen molar-refractivity contribution in [1.82, 2.24) is 4.90 Å². The molecule has 0 radical (unpaired) electrons. The summed E-state index contributed by atoms with van der Waals surface area (Å²) in [7, 11) is 0. The van der Waals surface area contributed by atoms with Crippen LogP contribution >= 0.6 is 0 Å².